The van der Waals surface area contributed by atoms with Gasteiger partial charge in [0.15, 0.2) is 9.84 Å². The number of hydrogen-bond acceptors (Lipinski definition) is 4. The zero-order valence-electron chi connectivity index (χ0n) is 12.5. The molecule has 0 radical (unpaired) electrons. The molecule has 2 heterocycles. The van der Waals surface area contributed by atoms with Crippen molar-refractivity contribution in [3.63, 3.8) is 0 Å². The van der Waals surface area contributed by atoms with E-state index in [1.54, 1.807) is 0 Å². The highest BCUT2D eigenvalue weighted by atomic mass is 32.2. The van der Waals surface area contributed by atoms with Crippen molar-refractivity contribution in [2.75, 3.05) is 31.6 Å². The Kier molecular flexibility index (Phi) is 5.07. The lowest BCUT2D eigenvalue weighted by Gasteiger charge is -2.31. The predicted octanol–water partition coefficient (Wildman–Crippen LogP) is 0.658. The Labute approximate surface area is 122 Å². The lowest BCUT2D eigenvalue weighted by atomic mass is 9.97. The molecule has 0 aromatic rings. The van der Waals surface area contributed by atoms with Crippen LogP contribution in [0.4, 0.5) is 0 Å². The molecule has 0 spiro atoms. The molecule has 20 heavy (non-hydrogen) atoms. The van der Waals surface area contributed by atoms with Crippen LogP contribution in [0.25, 0.3) is 0 Å². The molecule has 2 rings (SSSR count). The van der Waals surface area contributed by atoms with Gasteiger partial charge in [-0.25, -0.2) is 8.42 Å². The molecule has 2 aliphatic heterocycles. The summed E-state index contributed by atoms with van der Waals surface area (Å²) in [6.45, 7) is 3.47. The minimum Gasteiger partial charge on any atom is -0.341 e. The topological polar surface area (TPSA) is 66.5 Å². The van der Waals surface area contributed by atoms with E-state index in [0.717, 1.165) is 32.2 Å². The first-order chi connectivity index (χ1) is 9.43. The molecular weight excluding hydrogens is 276 g/mol. The monoisotopic (exact) mass is 302 g/mol. The fourth-order valence-corrected chi connectivity index (χ4v) is 5.25. The maximum absolute atomic E-state index is 12.5. The fraction of sp³-hybridized carbons (Fsp3) is 0.929. The van der Waals surface area contributed by atoms with Gasteiger partial charge < -0.3 is 10.2 Å². The van der Waals surface area contributed by atoms with E-state index < -0.39 is 9.84 Å². The van der Waals surface area contributed by atoms with Crippen LogP contribution in [0, 0.1) is 11.8 Å². The molecule has 116 valence electrons. The summed E-state index contributed by atoms with van der Waals surface area (Å²) in [6, 6.07) is -0.127. The second-order valence-corrected chi connectivity index (χ2v) is 8.52. The average Bonchev–Trinajstić information content (AvgIpc) is 2.48. The van der Waals surface area contributed by atoms with Gasteiger partial charge >= 0.3 is 0 Å². The molecule has 0 bridgehead atoms. The molecule has 1 amide bonds. The summed E-state index contributed by atoms with van der Waals surface area (Å²) >= 11 is 0. The highest BCUT2D eigenvalue weighted by Gasteiger charge is 2.33. The van der Waals surface area contributed by atoms with Crippen molar-refractivity contribution in [1.82, 2.24) is 10.2 Å². The molecule has 2 fully saturated rings. The average molecular weight is 302 g/mol. The third-order valence-electron chi connectivity index (χ3n) is 4.58. The second-order valence-electron chi connectivity index (χ2n) is 6.29. The van der Waals surface area contributed by atoms with Crippen molar-refractivity contribution in [2.45, 2.75) is 38.6 Å². The van der Waals surface area contributed by atoms with Crippen LogP contribution in [-0.2, 0) is 14.6 Å². The molecule has 5 nitrogen and oxygen atoms in total. The summed E-state index contributed by atoms with van der Waals surface area (Å²) in [5.41, 5.74) is 0. The Hall–Kier alpha value is -0.620. The van der Waals surface area contributed by atoms with Crippen LogP contribution in [-0.4, -0.2) is 56.9 Å². The van der Waals surface area contributed by atoms with Crippen LogP contribution in [0.1, 0.15) is 32.6 Å². The summed E-state index contributed by atoms with van der Waals surface area (Å²) in [5, 5.41) is 3.12. The zero-order valence-corrected chi connectivity index (χ0v) is 13.3. The Morgan fingerprint density at radius 3 is 2.70 bits per heavy atom. The van der Waals surface area contributed by atoms with Crippen LogP contribution in [0.15, 0.2) is 0 Å². The van der Waals surface area contributed by atoms with Gasteiger partial charge in [0.25, 0.3) is 0 Å². The first-order valence-corrected chi connectivity index (χ1v) is 9.41. The highest BCUT2D eigenvalue weighted by molar-refractivity contribution is 7.91. The molecule has 2 saturated heterocycles. The lowest BCUT2D eigenvalue weighted by Crippen LogP contribution is -2.49. The van der Waals surface area contributed by atoms with E-state index in [9.17, 15) is 13.2 Å². The predicted molar refractivity (Wildman–Crippen MR) is 79.2 cm³/mol. The SMILES string of the molecule is CNC1C(=O)N(CC2CCCS(=O)(=O)C2)CCCC1C. The normalized spacial score (nSPS) is 34.8. The number of carbonyl (C=O) groups is 1. The van der Waals surface area contributed by atoms with Crippen LogP contribution in [0.2, 0.25) is 0 Å². The van der Waals surface area contributed by atoms with Gasteiger partial charge in [0.05, 0.1) is 17.5 Å². The number of amides is 1. The van der Waals surface area contributed by atoms with Crippen molar-refractivity contribution < 1.29 is 13.2 Å². The Morgan fingerprint density at radius 1 is 1.30 bits per heavy atom. The Bertz CT molecular complexity index is 449. The molecule has 3 atom stereocenters. The van der Waals surface area contributed by atoms with Crippen molar-refractivity contribution >= 4 is 15.7 Å². The zero-order chi connectivity index (χ0) is 14.8. The number of nitrogens with zero attached hydrogens (tertiary/aromatic N) is 1. The minimum atomic E-state index is -2.89. The molecule has 6 heteroatoms. The maximum atomic E-state index is 12.5. The number of carbonyl (C=O) groups excluding carboxylic acids is 1. The number of sulfone groups is 1. The molecule has 3 unspecified atom stereocenters. The van der Waals surface area contributed by atoms with E-state index in [1.165, 1.54) is 0 Å². The third-order valence-corrected chi connectivity index (χ3v) is 6.47. The van der Waals surface area contributed by atoms with Gasteiger partial charge in [-0.1, -0.05) is 6.92 Å². The van der Waals surface area contributed by atoms with Gasteiger partial charge in [-0.3, -0.25) is 4.79 Å². The fourth-order valence-electron chi connectivity index (χ4n) is 3.48. The number of hydrogen-bond donors (Lipinski definition) is 1. The summed E-state index contributed by atoms with van der Waals surface area (Å²) in [7, 11) is -1.07. The van der Waals surface area contributed by atoms with Crippen molar-refractivity contribution in [1.29, 1.82) is 0 Å². The van der Waals surface area contributed by atoms with E-state index >= 15 is 0 Å². The molecular formula is C14H26N2O3S. The van der Waals surface area contributed by atoms with Gasteiger partial charge in [-0.05, 0) is 44.6 Å². The third kappa shape index (κ3) is 3.73. The van der Waals surface area contributed by atoms with Gasteiger partial charge in [0, 0.05) is 13.1 Å². The summed E-state index contributed by atoms with van der Waals surface area (Å²) in [5.74, 6) is 1.15. The van der Waals surface area contributed by atoms with Crippen LogP contribution >= 0.6 is 0 Å². The Morgan fingerprint density at radius 2 is 2.05 bits per heavy atom. The number of likely N-dealkylation sites (tertiary alicyclic amines) is 1. The van der Waals surface area contributed by atoms with Gasteiger partial charge in [-0.15, -0.1) is 0 Å². The smallest absolute Gasteiger partial charge is 0.239 e. The molecule has 0 aromatic carbocycles. The van der Waals surface area contributed by atoms with Crippen LogP contribution in [0.3, 0.4) is 0 Å². The lowest BCUT2D eigenvalue weighted by molar-refractivity contribution is -0.134. The molecule has 1 N–H and O–H groups in total. The maximum Gasteiger partial charge on any atom is 0.239 e. The van der Waals surface area contributed by atoms with Crippen LogP contribution < -0.4 is 5.32 Å². The van der Waals surface area contributed by atoms with Gasteiger partial charge in [0.1, 0.15) is 0 Å². The quantitative estimate of drug-likeness (QED) is 0.831. The van der Waals surface area contributed by atoms with Crippen molar-refractivity contribution in [3.05, 3.63) is 0 Å². The molecule has 0 aromatic heterocycles. The largest absolute Gasteiger partial charge is 0.341 e. The van der Waals surface area contributed by atoms with E-state index in [0.29, 0.717) is 18.2 Å². The van der Waals surface area contributed by atoms with Crippen LogP contribution in [0.5, 0.6) is 0 Å². The second kappa shape index (κ2) is 6.43. The van der Waals surface area contributed by atoms with E-state index in [2.05, 4.69) is 12.2 Å². The summed E-state index contributed by atoms with van der Waals surface area (Å²) < 4.78 is 23.4. The number of rotatable bonds is 3. The van der Waals surface area contributed by atoms with E-state index in [4.69, 9.17) is 0 Å². The van der Waals surface area contributed by atoms with Gasteiger partial charge in [-0.2, -0.15) is 0 Å². The molecule has 0 aliphatic carbocycles. The number of likely N-dealkylation sites (N-methyl/N-ethyl adjacent to an activating group) is 1. The summed E-state index contributed by atoms with van der Waals surface area (Å²) in [4.78, 5) is 14.4. The molecule has 0 saturated carbocycles. The van der Waals surface area contributed by atoms with E-state index in [1.807, 2.05) is 11.9 Å². The molecule has 2 aliphatic rings. The summed E-state index contributed by atoms with van der Waals surface area (Å²) in [6.07, 6.45) is 3.70. The Balaban J connectivity index is 2.02. The minimum absolute atomic E-state index is 0.114. The highest BCUT2D eigenvalue weighted by Crippen LogP contribution is 2.23. The number of nitrogens with one attached hydrogen (secondary N) is 1. The van der Waals surface area contributed by atoms with Crippen molar-refractivity contribution in [3.8, 4) is 0 Å². The standard InChI is InChI=1S/C14H26N2O3S/c1-11-5-3-7-16(14(17)13(11)15-2)9-12-6-4-8-20(18,19)10-12/h11-13,15H,3-10H2,1-2H3. The van der Waals surface area contributed by atoms with E-state index in [-0.39, 0.29) is 23.6 Å². The first-order valence-electron chi connectivity index (χ1n) is 7.59. The van der Waals surface area contributed by atoms with Crippen molar-refractivity contribution in [2.24, 2.45) is 11.8 Å². The first kappa shape index (κ1) is 15.8. The van der Waals surface area contributed by atoms with Gasteiger partial charge in [0.2, 0.25) is 5.91 Å².